The summed E-state index contributed by atoms with van der Waals surface area (Å²) in [6, 6.07) is 0. The van der Waals surface area contributed by atoms with Crippen LogP contribution < -0.4 is 16.2 Å². The van der Waals surface area contributed by atoms with Gasteiger partial charge in [-0.2, -0.15) is 9.97 Å². The zero-order chi connectivity index (χ0) is 16.6. The van der Waals surface area contributed by atoms with Crippen LogP contribution in [0.1, 0.15) is 12.0 Å². The van der Waals surface area contributed by atoms with Gasteiger partial charge in [-0.3, -0.25) is 4.79 Å². The molecule has 3 heterocycles. The number of likely N-dealkylation sites (tertiary alicyclic amines) is 1. The van der Waals surface area contributed by atoms with E-state index in [0.29, 0.717) is 43.2 Å². The molecule has 1 aromatic rings. The van der Waals surface area contributed by atoms with Gasteiger partial charge in [0.1, 0.15) is 24.6 Å². The van der Waals surface area contributed by atoms with Gasteiger partial charge in [0.25, 0.3) is 0 Å². The molecule has 2 aliphatic rings. The molecule has 1 saturated heterocycles. The Morgan fingerprint density at radius 3 is 2.87 bits per heavy atom. The normalized spacial score (nSPS) is 22.2. The molecule has 124 valence electrons. The number of ether oxygens (including phenoxy) is 2. The maximum absolute atomic E-state index is 12.0. The van der Waals surface area contributed by atoms with Gasteiger partial charge in [0, 0.05) is 19.4 Å². The minimum Gasteiger partial charge on any atom is -0.480 e. The summed E-state index contributed by atoms with van der Waals surface area (Å²) in [5.41, 5.74) is 11.5. The van der Waals surface area contributed by atoms with E-state index < -0.39 is 18.2 Å². The van der Waals surface area contributed by atoms with Crippen LogP contribution >= 0.6 is 0 Å². The summed E-state index contributed by atoms with van der Waals surface area (Å²) in [6.07, 6.45) is 1.13. The number of carboxylic acid groups (broad SMARTS) is 1. The van der Waals surface area contributed by atoms with Crippen LogP contribution in [0.4, 0.5) is 11.8 Å². The van der Waals surface area contributed by atoms with E-state index in [1.807, 2.05) is 0 Å². The Morgan fingerprint density at radius 2 is 2.13 bits per heavy atom. The highest BCUT2D eigenvalue weighted by atomic mass is 16.5. The fourth-order valence-corrected chi connectivity index (χ4v) is 2.91. The van der Waals surface area contributed by atoms with Crippen molar-refractivity contribution >= 4 is 23.6 Å². The van der Waals surface area contributed by atoms with E-state index in [1.54, 1.807) is 4.90 Å². The first-order valence-corrected chi connectivity index (χ1v) is 7.07. The Morgan fingerprint density at radius 1 is 1.35 bits per heavy atom. The number of amides is 1. The van der Waals surface area contributed by atoms with E-state index in [-0.39, 0.29) is 18.5 Å². The molecule has 0 saturated carbocycles. The quantitative estimate of drug-likeness (QED) is 0.610. The Bertz CT molecular complexity index is 666. The van der Waals surface area contributed by atoms with E-state index in [0.717, 1.165) is 0 Å². The van der Waals surface area contributed by atoms with E-state index in [4.69, 9.17) is 26.0 Å². The van der Waals surface area contributed by atoms with Crippen molar-refractivity contribution in [2.45, 2.75) is 18.4 Å². The number of carbonyl (C=O) groups is 2. The molecule has 1 fully saturated rings. The number of hydrogen-bond donors (Lipinski definition) is 3. The molecule has 1 atom stereocenters. The van der Waals surface area contributed by atoms with Crippen molar-refractivity contribution in [1.82, 2.24) is 14.9 Å². The second-order valence-electron chi connectivity index (χ2n) is 5.66. The average Bonchev–Trinajstić information content (AvgIpc) is 3.03. The summed E-state index contributed by atoms with van der Waals surface area (Å²) in [5, 5.41) is 8.50. The first-order chi connectivity index (χ1) is 10.9. The van der Waals surface area contributed by atoms with Crippen molar-refractivity contribution in [2.24, 2.45) is 0 Å². The Labute approximate surface area is 131 Å². The van der Waals surface area contributed by atoms with Gasteiger partial charge in [-0.25, -0.2) is 4.79 Å². The molecular formula is C13H17N5O5. The van der Waals surface area contributed by atoms with Crippen LogP contribution in [0.25, 0.3) is 0 Å². The first kappa shape index (κ1) is 15.3. The van der Waals surface area contributed by atoms with E-state index in [1.165, 1.54) is 0 Å². The molecule has 5 N–H and O–H groups in total. The van der Waals surface area contributed by atoms with Crippen molar-refractivity contribution < 1.29 is 24.2 Å². The summed E-state index contributed by atoms with van der Waals surface area (Å²) >= 11 is 0. The number of aliphatic carboxylic acids is 1. The van der Waals surface area contributed by atoms with Crippen molar-refractivity contribution in [2.75, 3.05) is 37.8 Å². The molecule has 3 rings (SSSR count). The lowest BCUT2D eigenvalue weighted by molar-refractivity contribution is -0.145. The maximum Gasteiger partial charge on any atom is 0.329 e. The van der Waals surface area contributed by atoms with E-state index in [9.17, 15) is 9.59 Å². The van der Waals surface area contributed by atoms with Gasteiger partial charge in [-0.15, -0.1) is 0 Å². The van der Waals surface area contributed by atoms with Crippen LogP contribution in [-0.2, 0) is 20.7 Å². The molecular weight excluding hydrogens is 306 g/mol. The number of hydrogen-bond acceptors (Lipinski definition) is 8. The molecule has 1 aromatic heterocycles. The number of anilines is 2. The lowest BCUT2D eigenvalue weighted by Crippen LogP contribution is -2.41. The molecule has 10 heteroatoms. The van der Waals surface area contributed by atoms with Crippen molar-refractivity contribution in [3.63, 3.8) is 0 Å². The number of nitrogens with zero attached hydrogens (tertiary/aromatic N) is 3. The lowest BCUT2D eigenvalue weighted by Gasteiger charge is -2.23. The largest absolute Gasteiger partial charge is 0.480 e. The predicted molar refractivity (Wildman–Crippen MR) is 77.6 cm³/mol. The third kappa shape index (κ3) is 2.97. The smallest absolute Gasteiger partial charge is 0.329 e. The topological polar surface area (TPSA) is 154 Å². The highest BCUT2D eigenvalue weighted by molar-refractivity contribution is 5.78. The van der Waals surface area contributed by atoms with Gasteiger partial charge in [0.2, 0.25) is 17.7 Å². The minimum absolute atomic E-state index is 0.0475. The van der Waals surface area contributed by atoms with Gasteiger partial charge in [0.05, 0.1) is 12.1 Å². The summed E-state index contributed by atoms with van der Waals surface area (Å²) in [7, 11) is 0. The Kier molecular flexibility index (Phi) is 3.68. The molecule has 1 unspecified atom stereocenters. The zero-order valence-corrected chi connectivity index (χ0v) is 12.3. The number of nitrogens with two attached hydrogens (primary N) is 2. The number of carboxylic acids is 1. The van der Waals surface area contributed by atoms with Crippen molar-refractivity contribution in [3.8, 4) is 5.88 Å². The molecule has 0 aliphatic carbocycles. The summed E-state index contributed by atoms with van der Waals surface area (Å²) in [4.78, 5) is 32.0. The molecule has 1 spiro atoms. The van der Waals surface area contributed by atoms with Gasteiger partial charge in [0.15, 0.2) is 0 Å². The number of aromatic nitrogens is 2. The molecule has 23 heavy (non-hydrogen) atoms. The van der Waals surface area contributed by atoms with Crippen molar-refractivity contribution in [3.05, 3.63) is 5.56 Å². The van der Waals surface area contributed by atoms with E-state index >= 15 is 0 Å². The van der Waals surface area contributed by atoms with Crippen molar-refractivity contribution in [1.29, 1.82) is 0 Å². The van der Waals surface area contributed by atoms with Crippen LogP contribution in [0, 0.1) is 0 Å². The number of carbonyl (C=O) groups excluding carboxylic acids is 1. The standard InChI is InChI=1S/C13H17N5O5/c14-10-7-3-13(23-11(7)17-12(15)16-10)1-2-18(6-13)8(19)4-22-5-9(20)21/h1-6H2,(H,20,21)(H4,14,15,16,17). The number of rotatable bonds is 4. The Hall–Kier alpha value is -2.62. The SMILES string of the molecule is Nc1nc(N)c2c(n1)OC1(CCN(C(=O)COCC(=O)O)C1)C2. The summed E-state index contributed by atoms with van der Waals surface area (Å²) < 4.78 is 10.7. The predicted octanol–water partition coefficient (Wildman–Crippen LogP) is -1.35. The zero-order valence-electron chi connectivity index (χ0n) is 12.3. The van der Waals surface area contributed by atoms with Gasteiger partial charge in [-0.1, -0.05) is 0 Å². The number of nitrogen functional groups attached to an aromatic ring is 2. The van der Waals surface area contributed by atoms with Gasteiger partial charge < -0.3 is 30.9 Å². The summed E-state index contributed by atoms with van der Waals surface area (Å²) in [5.74, 6) is -0.685. The van der Waals surface area contributed by atoms with Gasteiger partial charge >= 0.3 is 5.97 Å². The molecule has 1 amide bonds. The molecule has 2 aliphatic heterocycles. The minimum atomic E-state index is -1.11. The van der Waals surface area contributed by atoms with Crippen LogP contribution in [0.2, 0.25) is 0 Å². The molecule has 0 bridgehead atoms. The van der Waals surface area contributed by atoms with E-state index in [2.05, 4.69) is 9.97 Å². The average molecular weight is 323 g/mol. The highest BCUT2D eigenvalue weighted by Gasteiger charge is 2.48. The third-order valence-electron chi connectivity index (χ3n) is 3.95. The monoisotopic (exact) mass is 323 g/mol. The molecule has 10 nitrogen and oxygen atoms in total. The molecule has 0 aromatic carbocycles. The van der Waals surface area contributed by atoms with Crippen LogP contribution in [0.3, 0.4) is 0 Å². The number of fused-ring (bicyclic) bond motifs is 1. The third-order valence-corrected chi connectivity index (χ3v) is 3.95. The fraction of sp³-hybridized carbons (Fsp3) is 0.538. The maximum atomic E-state index is 12.0. The lowest BCUT2D eigenvalue weighted by atomic mass is 9.97. The second kappa shape index (κ2) is 5.54. The summed E-state index contributed by atoms with van der Waals surface area (Å²) in [6.45, 7) is 0.0757. The Balaban J connectivity index is 1.63. The fourth-order valence-electron chi connectivity index (χ4n) is 2.91. The highest BCUT2D eigenvalue weighted by Crippen LogP contribution is 2.41. The second-order valence-corrected chi connectivity index (χ2v) is 5.66. The van der Waals surface area contributed by atoms with Gasteiger partial charge in [-0.05, 0) is 0 Å². The van der Waals surface area contributed by atoms with Crippen LogP contribution in [-0.4, -0.2) is 63.8 Å². The molecule has 0 radical (unpaired) electrons. The van der Waals surface area contributed by atoms with Crippen LogP contribution in [0.15, 0.2) is 0 Å². The van der Waals surface area contributed by atoms with Crippen LogP contribution in [0.5, 0.6) is 5.88 Å². The first-order valence-electron chi connectivity index (χ1n) is 7.07.